The fraction of sp³-hybridized carbons (Fsp3) is 0.812. The molecule has 3 fully saturated rings. The maximum atomic E-state index is 12.4. The first-order chi connectivity index (χ1) is 11.3. The molecule has 23 heavy (non-hydrogen) atoms. The number of amides is 1. The molecule has 7 nitrogen and oxygen atoms in total. The average Bonchev–Trinajstić information content (AvgIpc) is 3.46. The van der Waals surface area contributed by atoms with Crippen LogP contribution in [0.2, 0.25) is 0 Å². The van der Waals surface area contributed by atoms with Crippen molar-refractivity contribution in [1.29, 1.82) is 0 Å². The Morgan fingerprint density at radius 2 is 2.09 bits per heavy atom. The van der Waals surface area contributed by atoms with E-state index in [1.807, 2.05) is 0 Å². The Balaban J connectivity index is 1.25. The van der Waals surface area contributed by atoms with Crippen LogP contribution in [0, 0.1) is 11.8 Å². The van der Waals surface area contributed by atoms with E-state index in [1.165, 1.54) is 32.0 Å². The summed E-state index contributed by atoms with van der Waals surface area (Å²) in [5, 5.41) is 7.42. The van der Waals surface area contributed by atoms with Gasteiger partial charge in [-0.2, -0.15) is 5.10 Å². The van der Waals surface area contributed by atoms with Gasteiger partial charge in [-0.25, -0.2) is 4.98 Å². The van der Waals surface area contributed by atoms with Crippen LogP contribution < -0.4 is 5.32 Å². The fourth-order valence-corrected chi connectivity index (χ4v) is 3.54. The molecule has 1 aromatic rings. The highest BCUT2D eigenvalue weighted by atomic mass is 16.5. The number of nitrogens with zero attached hydrogens (tertiary/aromatic N) is 4. The molecule has 1 amide bonds. The quantitative estimate of drug-likeness (QED) is 0.782. The number of nitrogens with one attached hydrogen (secondary N) is 1. The lowest BCUT2D eigenvalue weighted by Gasteiger charge is -2.32. The molecule has 0 unspecified atom stereocenters. The predicted molar refractivity (Wildman–Crippen MR) is 83.6 cm³/mol. The van der Waals surface area contributed by atoms with Gasteiger partial charge in [0.25, 0.3) is 0 Å². The Hall–Kier alpha value is -1.47. The van der Waals surface area contributed by atoms with Gasteiger partial charge < -0.3 is 10.1 Å². The molecule has 1 aromatic heterocycles. The molecule has 0 radical (unpaired) electrons. The third-order valence-electron chi connectivity index (χ3n) is 5.03. The van der Waals surface area contributed by atoms with Crippen LogP contribution in [0.3, 0.4) is 0 Å². The smallest absolute Gasteiger partial charge is 0.234 e. The second kappa shape index (κ2) is 6.57. The molecule has 1 aliphatic heterocycles. The van der Waals surface area contributed by atoms with E-state index in [-0.39, 0.29) is 12.0 Å². The molecule has 2 heterocycles. The number of ether oxygens (including phenoxy) is 1. The van der Waals surface area contributed by atoms with Gasteiger partial charge in [0.15, 0.2) is 0 Å². The summed E-state index contributed by atoms with van der Waals surface area (Å²) < 4.78 is 7.56. The molecule has 126 valence electrons. The highest BCUT2D eigenvalue weighted by Crippen LogP contribution is 2.44. The van der Waals surface area contributed by atoms with Crippen molar-refractivity contribution in [3.8, 4) is 0 Å². The molecule has 4 rings (SSSR count). The zero-order valence-electron chi connectivity index (χ0n) is 13.4. The molecule has 0 spiro atoms. The van der Waals surface area contributed by atoms with Gasteiger partial charge in [-0.05, 0) is 37.5 Å². The molecular weight excluding hydrogens is 294 g/mol. The van der Waals surface area contributed by atoms with Crippen molar-refractivity contribution in [2.75, 3.05) is 26.2 Å². The van der Waals surface area contributed by atoms with Crippen LogP contribution in [0.25, 0.3) is 0 Å². The standard InChI is InChI=1S/C16H25N5O2/c22-15(19-16(12-1-2-12)13-3-4-13)9-20-5-6-23-14(7-20)8-21-11-17-10-18-21/h10-14,16H,1-9H2,(H,19,22)/t14-/m1/s1. The van der Waals surface area contributed by atoms with E-state index in [4.69, 9.17) is 4.74 Å². The van der Waals surface area contributed by atoms with E-state index in [0.717, 1.165) is 24.9 Å². The van der Waals surface area contributed by atoms with Gasteiger partial charge in [0.1, 0.15) is 12.7 Å². The van der Waals surface area contributed by atoms with Crippen LogP contribution in [-0.2, 0) is 16.1 Å². The van der Waals surface area contributed by atoms with Gasteiger partial charge in [-0.15, -0.1) is 0 Å². The molecule has 1 N–H and O–H groups in total. The van der Waals surface area contributed by atoms with Crippen LogP contribution in [0.15, 0.2) is 12.7 Å². The van der Waals surface area contributed by atoms with E-state index >= 15 is 0 Å². The fourth-order valence-electron chi connectivity index (χ4n) is 3.54. The normalized spacial score (nSPS) is 25.7. The maximum absolute atomic E-state index is 12.4. The van der Waals surface area contributed by atoms with Gasteiger partial charge in [0.2, 0.25) is 5.91 Å². The van der Waals surface area contributed by atoms with Crippen molar-refractivity contribution in [1.82, 2.24) is 25.0 Å². The van der Waals surface area contributed by atoms with Crippen molar-refractivity contribution in [2.45, 2.75) is 44.4 Å². The molecule has 0 bridgehead atoms. The summed E-state index contributed by atoms with van der Waals surface area (Å²) in [7, 11) is 0. The lowest BCUT2D eigenvalue weighted by atomic mass is 10.1. The van der Waals surface area contributed by atoms with Gasteiger partial charge in [0, 0.05) is 19.1 Å². The Morgan fingerprint density at radius 3 is 2.74 bits per heavy atom. The molecule has 0 aromatic carbocycles. The maximum Gasteiger partial charge on any atom is 0.234 e. The van der Waals surface area contributed by atoms with Crippen LogP contribution in [0.5, 0.6) is 0 Å². The minimum Gasteiger partial charge on any atom is -0.374 e. The average molecular weight is 319 g/mol. The second-order valence-corrected chi connectivity index (χ2v) is 7.11. The van der Waals surface area contributed by atoms with E-state index in [9.17, 15) is 4.79 Å². The van der Waals surface area contributed by atoms with Crippen molar-refractivity contribution in [3.63, 3.8) is 0 Å². The zero-order chi connectivity index (χ0) is 15.6. The number of carbonyl (C=O) groups is 1. The zero-order valence-corrected chi connectivity index (χ0v) is 13.4. The van der Waals surface area contributed by atoms with Crippen LogP contribution in [-0.4, -0.2) is 64.0 Å². The first-order valence-corrected chi connectivity index (χ1v) is 8.73. The van der Waals surface area contributed by atoms with E-state index < -0.39 is 0 Å². The summed E-state index contributed by atoms with van der Waals surface area (Å²) >= 11 is 0. The predicted octanol–water partition coefficient (Wildman–Crippen LogP) is 0.284. The molecule has 2 aliphatic carbocycles. The Bertz CT molecular complexity index is 515. The molecule has 3 aliphatic rings. The number of rotatable bonds is 7. The Kier molecular flexibility index (Phi) is 4.31. The topological polar surface area (TPSA) is 72.3 Å². The molecular formula is C16H25N5O2. The molecule has 1 saturated heterocycles. The van der Waals surface area contributed by atoms with Crippen LogP contribution in [0.4, 0.5) is 0 Å². The number of morpholine rings is 1. The van der Waals surface area contributed by atoms with Crippen molar-refractivity contribution >= 4 is 5.91 Å². The molecule has 1 atom stereocenters. The highest BCUT2D eigenvalue weighted by Gasteiger charge is 2.42. The van der Waals surface area contributed by atoms with Crippen molar-refractivity contribution < 1.29 is 9.53 Å². The second-order valence-electron chi connectivity index (χ2n) is 7.11. The van der Waals surface area contributed by atoms with Gasteiger partial charge >= 0.3 is 0 Å². The van der Waals surface area contributed by atoms with Gasteiger partial charge in [-0.1, -0.05) is 0 Å². The minimum absolute atomic E-state index is 0.0703. The number of hydrogen-bond donors (Lipinski definition) is 1. The Morgan fingerprint density at radius 1 is 1.30 bits per heavy atom. The third-order valence-corrected chi connectivity index (χ3v) is 5.03. The lowest BCUT2D eigenvalue weighted by Crippen LogP contribution is -2.50. The third kappa shape index (κ3) is 4.09. The number of hydrogen-bond acceptors (Lipinski definition) is 5. The number of aromatic nitrogens is 3. The lowest BCUT2D eigenvalue weighted by molar-refractivity contribution is -0.125. The van der Waals surface area contributed by atoms with Crippen molar-refractivity contribution in [2.24, 2.45) is 11.8 Å². The van der Waals surface area contributed by atoms with Crippen molar-refractivity contribution in [3.05, 3.63) is 12.7 Å². The monoisotopic (exact) mass is 319 g/mol. The van der Waals surface area contributed by atoms with Crippen LogP contribution in [0.1, 0.15) is 25.7 Å². The summed E-state index contributed by atoms with van der Waals surface area (Å²) in [6.45, 7) is 3.42. The summed E-state index contributed by atoms with van der Waals surface area (Å²) in [6.07, 6.45) is 8.46. The Labute approximate surface area is 136 Å². The largest absolute Gasteiger partial charge is 0.374 e. The number of carbonyl (C=O) groups excluding carboxylic acids is 1. The summed E-state index contributed by atoms with van der Waals surface area (Å²) in [6, 6.07) is 0.439. The van der Waals surface area contributed by atoms with E-state index in [2.05, 4.69) is 20.3 Å². The SMILES string of the molecule is O=C(CN1CCO[C@@H](Cn2cncn2)C1)NC(C1CC1)C1CC1. The molecule has 7 heteroatoms. The molecule has 2 saturated carbocycles. The van der Waals surface area contributed by atoms with Gasteiger partial charge in [-0.3, -0.25) is 14.4 Å². The van der Waals surface area contributed by atoms with Gasteiger partial charge in [0.05, 0.1) is 25.8 Å². The summed E-state index contributed by atoms with van der Waals surface area (Å²) in [5.41, 5.74) is 0. The minimum atomic E-state index is 0.0703. The van der Waals surface area contributed by atoms with E-state index in [1.54, 1.807) is 11.0 Å². The van der Waals surface area contributed by atoms with E-state index in [0.29, 0.717) is 25.7 Å². The van der Waals surface area contributed by atoms with Crippen LogP contribution >= 0.6 is 0 Å². The first kappa shape index (κ1) is 15.1. The summed E-state index contributed by atoms with van der Waals surface area (Å²) in [4.78, 5) is 18.5. The highest BCUT2D eigenvalue weighted by molar-refractivity contribution is 5.78. The summed E-state index contributed by atoms with van der Waals surface area (Å²) in [5.74, 6) is 1.67. The first-order valence-electron chi connectivity index (χ1n) is 8.73.